The number of carbonyl (C=O) groups is 3. The molecule has 0 fully saturated rings. The summed E-state index contributed by atoms with van der Waals surface area (Å²) in [5.41, 5.74) is 1.16. The zero-order valence-electron chi connectivity index (χ0n) is 16.0. The van der Waals surface area contributed by atoms with E-state index >= 15 is 0 Å². The van der Waals surface area contributed by atoms with E-state index in [-0.39, 0.29) is 36.8 Å². The monoisotopic (exact) mass is 383 g/mol. The Hall–Kier alpha value is -3.35. The first kappa shape index (κ1) is 21.0. The standard InChI is InChI=1S/C21H25N3O4/c1-3-22-20(26)14-28-18-11-9-17(10-12-18)24-19(25)13-15(2)23-21(27)16-7-5-4-6-8-16/h4-12,15H,3,13-14H2,1-2H3,(H,22,26)(H,23,27)(H,24,25). The minimum absolute atomic E-state index is 0.0574. The molecule has 0 saturated heterocycles. The number of hydrogen-bond acceptors (Lipinski definition) is 4. The Bertz CT molecular complexity index is 791. The molecule has 0 radical (unpaired) electrons. The molecule has 0 heterocycles. The van der Waals surface area contributed by atoms with E-state index in [1.807, 2.05) is 13.0 Å². The van der Waals surface area contributed by atoms with Crippen molar-refractivity contribution in [3.63, 3.8) is 0 Å². The minimum Gasteiger partial charge on any atom is -0.484 e. The molecular formula is C21H25N3O4. The van der Waals surface area contributed by atoms with Crippen LogP contribution in [0.3, 0.4) is 0 Å². The molecule has 2 aromatic rings. The minimum atomic E-state index is -0.313. The molecular weight excluding hydrogens is 358 g/mol. The van der Waals surface area contributed by atoms with Crippen LogP contribution in [-0.4, -0.2) is 36.9 Å². The van der Waals surface area contributed by atoms with Crippen molar-refractivity contribution < 1.29 is 19.1 Å². The summed E-state index contributed by atoms with van der Waals surface area (Å²) in [6.45, 7) is 4.11. The van der Waals surface area contributed by atoms with Crippen molar-refractivity contribution in [2.75, 3.05) is 18.5 Å². The van der Waals surface area contributed by atoms with Crippen LogP contribution in [0.5, 0.6) is 5.75 Å². The van der Waals surface area contributed by atoms with Crippen molar-refractivity contribution in [2.24, 2.45) is 0 Å². The Morgan fingerprint density at radius 3 is 2.29 bits per heavy atom. The van der Waals surface area contributed by atoms with Gasteiger partial charge in [-0.15, -0.1) is 0 Å². The van der Waals surface area contributed by atoms with Crippen molar-refractivity contribution in [2.45, 2.75) is 26.3 Å². The number of nitrogens with one attached hydrogen (secondary N) is 3. The highest BCUT2D eigenvalue weighted by atomic mass is 16.5. The molecule has 0 saturated carbocycles. The Labute approximate surface area is 164 Å². The Morgan fingerprint density at radius 2 is 1.64 bits per heavy atom. The van der Waals surface area contributed by atoms with E-state index in [0.29, 0.717) is 23.5 Å². The highest BCUT2D eigenvalue weighted by molar-refractivity contribution is 5.95. The average molecular weight is 383 g/mol. The molecule has 0 spiro atoms. The molecule has 3 N–H and O–H groups in total. The first-order valence-electron chi connectivity index (χ1n) is 9.13. The maximum absolute atomic E-state index is 12.2. The van der Waals surface area contributed by atoms with Crippen LogP contribution in [-0.2, 0) is 9.59 Å². The van der Waals surface area contributed by atoms with Crippen LogP contribution in [0.2, 0.25) is 0 Å². The number of likely N-dealkylation sites (N-methyl/N-ethyl adjacent to an activating group) is 1. The number of hydrogen-bond donors (Lipinski definition) is 3. The Morgan fingerprint density at radius 1 is 0.964 bits per heavy atom. The van der Waals surface area contributed by atoms with Gasteiger partial charge < -0.3 is 20.7 Å². The molecule has 3 amide bonds. The molecule has 7 nitrogen and oxygen atoms in total. The molecule has 148 valence electrons. The molecule has 0 aromatic heterocycles. The fraction of sp³-hybridized carbons (Fsp3) is 0.286. The van der Waals surface area contributed by atoms with Gasteiger partial charge in [0.25, 0.3) is 11.8 Å². The quantitative estimate of drug-likeness (QED) is 0.619. The van der Waals surface area contributed by atoms with Gasteiger partial charge >= 0.3 is 0 Å². The molecule has 1 atom stereocenters. The summed E-state index contributed by atoms with van der Waals surface area (Å²) in [7, 11) is 0. The van der Waals surface area contributed by atoms with Gasteiger partial charge in [0.05, 0.1) is 0 Å². The van der Waals surface area contributed by atoms with Crippen LogP contribution in [0.15, 0.2) is 54.6 Å². The van der Waals surface area contributed by atoms with E-state index in [9.17, 15) is 14.4 Å². The van der Waals surface area contributed by atoms with E-state index in [1.54, 1.807) is 55.5 Å². The van der Waals surface area contributed by atoms with Gasteiger partial charge in [-0.1, -0.05) is 18.2 Å². The molecule has 0 bridgehead atoms. The second-order valence-corrected chi connectivity index (χ2v) is 6.26. The third kappa shape index (κ3) is 7.11. The van der Waals surface area contributed by atoms with Gasteiger partial charge in [-0.25, -0.2) is 0 Å². The van der Waals surface area contributed by atoms with E-state index in [2.05, 4.69) is 16.0 Å². The van der Waals surface area contributed by atoms with Crippen LogP contribution < -0.4 is 20.7 Å². The third-order valence-corrected chi connectivity index (χ3v) is 3.79. The van der Waals surface area contributed by atoms with Crippen molar-refractivity contribution in [3.05, 3.63) is 60.2 Å². The summed E-state index contributed by atoms with van der Waals surface area (Å²) >= 11 is 0. The van der Waals surface area contributed by atoms with Crippen molar-refractivity contribution in [1.82, 2.24) is 10.6 Å². The lowest BCUT2D eigenvalue weighted by atomic mass is 10.1. The van der Waals surface area contributed by atoms with Crippen molar-refractivity contribution in [1.29, 1.82) is 0 Å². The van der Waals surface area contributed by atoms with Gasteiger partial charge in [0.1, 0.15) is 5.75 Å². The van der Waals surface area contributed by atoms with Crippen molar-refractivity contribution >= 4 is 23.4 Å². The lowest BCUT2D eigenvalue weighted by molar-refractivity contribution is -0.123. The van der Waals surface area contributed by atoms with Crippen LogP contribution >= 0.6 is 0 Å². The lowest BCUT2D eigenvalue weighted by Crippen LogP contribution is -2.35. The molecule has 7 heteroatoms. The van der Waals surface area contributed by atoms with E-state index < -0.39 is 0 Å². The van der Waals surface area contributed by atoms with E-state index in [1.165, 1.54) is 0 Å². The summed E-state index contributed by atoms with van der Waals surface area (Å²) in [6.07, 6.45) is 0.147. The number of anilines is 1. The SMILES string of the molecule is CCNC(=O)COc1ccc(NC(=O)CC(C)NC(=O)c2ccccc2)cc1. The molecule has 1 unspecified atom stereocenters. The second-order valence-electron chi connectivity index (χ2n) is 6.26. The third-order valence-electron chi connectivity index (χ3n) is 3.79. The highest BCUT2D eigenvalue weighted by Crippen LogP contribution is 2.16. The highest BCUT2D eigenvalue weighted by Gasteiger charge is 2.13. The fourth-order valence-electron chi connectivity index (χ4n) is 2.47. The van der Waals surface area contributed by atoms with Gasteiger partial charge in [0.15, 0.2) is 6.61 Å². The first-order valence-corrected chi connectivity index (χ1v) is 9.13. The predicted molar refractivity (Wildman–Crippen MR) is 107 cm³/mol. The summed E-state index contributed by atoms with van der Waals surface area (Å²) < 4.78 is 5.36. The lowest BCUT2D eigenvalue weighted by Gasteiger charge is -2.14. The van der Waals surface area contributed by atoms with Gasteiger partial charge in [0.2, 0.25) is 5.91 Å². The molecule has 2 aromatic carbocycles. The molecule has 0 aliphatic rings. The smallest absolute Gasteiger partial charge is 0.257 e. The topological polar surface area (TPSA) is 96.5 Å². The summed E-state index contributed by atoms with van der Waals surface area (Å²) in [5, 5.41) is 8.22. The van der Waals surface area contributed by atoms with Crippen molar-refractivity contribution in [3.8, 4) is 5.75 Å². The number of ether oxygens (including phenoxy) is 1. The van der Waals surface area contributed by atoms with Gasteiger partial charge in [-0.2, -0.15) is 0 Å². The number of carbonyl (C=O) groups excluding carboxylic acids is 3. The van der Waals surface area contributed by atoms with Crippen LogP contribution in [0.1, 0.15) is 30.6 Å². The average Bonchev–Trinajstić information content (AvgIpc) is 2.68. The summed E-state index contributed by atoms with van der Waals surface area (Å²) in [6, 6.07) is 15.3. The van der Waals surface area contributed by atoms with Gasteiger partial charge in [-0.3, -0.25) is 14.4 Å². The predicted octanol–water partition coefficient (Wildman–Crippen LogP) is 2.35. The molecule has 0 aliphatic carbocycles. The largest absolute Gasteiger partial charge is 0.484 e. The summed E-state index contributed by atoms with van der Waals surface area (Å²) in [5.74, 6) is -0.0782. The maximum Gasteiger partial charge on any atom is 0.257 e. The van der Waals surface area contributed by atoms with Crippen LogP contribution in [0.25, 0.3) is 0 Å². The van der Waals surface area contributed by atoms with E-state index in [0.717, 1.165) is 0 Å². The molecule has 2 rings (SSSR count). The Balaban J connectivity index is 1.77. The number of amides is 3. The van der Waals surface area contributed by atoms with Gasteiger partial charge in [-0.05, 0) is 50.2 Å². The van der Waals surface area contributed by atoms with Gasteiger partial charge in [0, 0.05) is 30.3 Å². The van der Waals surface area contributed by atoms with Crippen LogP contribution in [0.4, 0.5) is 5.69 Å². The summed E-state index contributed by atoms with van der Waals surface area (Å²) in [4.78, 5) is 35.6. The first-order chi connectivity index (χ1) is 13.5. The normalized spacial score (nSPS) is 11.2. The molecule has 0 aliphatic heterocycles. The van der Waals surface area contributed by atoms with Crippen LogP contribution in [0, 0.1) is 0 Å². The number of benzene rings is 2. The Kier molecular flexibility index (Phi) is 8.02. The number of rotatable bonds is 9. The second kappa shape index (κ2) is 10.7. The molecule has 28 heavy (non-hydrogen) atoms. The maximum atomic E-state index is 12.2. The van der Waals surface area contributed by atoms with E-state index in [4.69, 9.17) is 4.74 Å². The zero-order valence-corrected chi connectivity index (χ0v) is 16.0. The fourth-order valence-corrected chi connectivity index (χ4v) is 2.47. The zero-order chi connectivity index (χ0) is 20.4.